The molecule has 6 aromatic carbocycles. The third-order valence-corrected chi connectivity index (χ3v) is 11.5. The van der Waals surface area contributed by atoms with Crippen LogP contribution in [-0.4, -0.2) is 46.5 Å². The standard InChI is InChI=1S/2C25H25NO4/c2*1-30-21-13-9-19(10-14-21)26-24(18-7-11-20(27)12-8-18)22(25(26)29)15-16-23(28)17-5-3-2-4-6-17/h2*2-14,22-24,27-28H,15-16H2,1H3/t22?,23-,24+;22?,23-,24-/m01/s1. The number of aliphatic hydroxyl groups is 2. The van der Waals surface area contributed by atoms with Crippen molar-refractivity contribution in [3.63, 3.8) is 0 Å². The fraction of sp³-hybridized carbons (Fsp3) is 0.240. The van der Waals surface area contributed by atoms with Crippen molar-refractivity contribution in [2.45, 2.75) is 50.0 Å². The van der Waals surface area contributed by atoms with Gasteiger partial charge >= 0.3 is 0 Å². The summed E-state index contributed by atoms with van der Waals surface area (Å²) in [5, 5.41) is 40.4. The minimum atomic E-state index is -0.602. The number of aromatic hydroxyl groups is 2. The molecule has 60 heavy (non-hydrogen) atoms. The number of ether oxygens (including phenoxy) is 2. The van der Waals surface area contributed by atoms with Gasteiger partial charge in [0.1, 0.15) is 23.0 Å². The van der Waals surface area contributed by atoms with E-state index < -0.39 is 12.2 Å². The van der Waals surface area contributed by atoms with Gasteiger partial charge in [-0.2, -0.15) is 0 Å². The molecule has 4 N–H and O–H groups in total. The van der Waals surface area contributed by atoms with E-state index in [1.807, 2.05) is 133 Å². The van der Waals surface area contributed by atoms with Crippen molar-refractivity contribution in [1.82, 2.24) is 0 Å². The highest BCUT2D eigenvalue weighted by Gasteiger charge is 2.49. The summed E-state index contributed by atoms with van der Waals surface area (Å²) in [6.07, 6.45) is 0.959. The average Bonchev–Trinajstić information content (AvgIpc) is 3.29. The Morgan fingerprint density at radius 3 is 1.13 bits per heavy atom. The molecule has 0 radical (unpaired) electrons. The van der Waals surface area contributed by atoms with E-state index >= 15 is 0 Å². The Labute approximate surface area is 350 Å². The number of methoxy groups -OCH3 is 2. The second-order valence-electron chi connectivity index (χ2n) is 15.1. The van der Waals surface area contributed by atoms with Crippen LogP contribution in [0.25, 0.3) is 0 Å². The number of hydrogen-bond acceptors (Lipinski definition) is 8. The number of carbonyl (C=O) groups is 2. The molecular formula is C50H50N2O8. The fourth-order valence-electron chi connectivity index (χ4n) is 8.19. The molecule has 0 aliphatic carbocycles. The molecule has 2 amide bonds. The predicted molar refractivity (Wildman–Crippen MR) is 231 cm³/mol. The smallest absolute Gasteiger partial charge is 0.233 e. The maximum Gasteiger partial charge on any atom is 0.233 e. The minimum Gasteiger partial charge on any atom is -0.508 e. The lowest BCUT2D eigenvalue weighted by Gasteiger charge is -2.48. The van der Waals surface area contributed by atoms with Crippen molar-refractivity contribution in [3.8, 4) is 23.0 Å². The van der Waals surface area contributed by atoms with Crippen LogP contribution in [0.1, 0.15) is 72.2 Å². The number of aliphatic hydroxyl groups excluding tert-OH is 2. The Kier molecular flexibility index (Phi) is 13.1. The first-order valence-corrected chi connectivity index (χ1v) is 20.1. The van der Waals surface area contributed by atoms with Crippen LogP contribution in [0.4, 0.5) is 11.4 Å². The lowest BCUT2D eigenvalue weighted by Crippen LogP contribution is -2.55. The van der Waals surface area contributed by atoms with Gasteiger partial charge in [-0.1, -0.05) is 84.9 Å². The molecule has 6 aromatic rings. The lowest BCUT2D eigenvalue weighted by atomic mass is 9.78. The van der Waals surface area contributed by atoms with Gasteiger partial charge in [0.2, 0.25) is 11.8 Å². The Morgan fingerprint density at radius 1 is 0.483 bits per heavy atom. The molecule has 2 fully saturated rings. The molecule has 0 bridgehead atoms. The monoisotopic (exact) mass is 806 g/mol. The molecule has 0 aromatic heterocycles. The van der Waals surface area contributed by atoms with E-state index in [0.717, 1.165) is 45.1 Å². The molecule has 2 aliphatic rings. The average molecular weight is 807 g/mol. The number of hydrogen-bond donors (Lipinski definition) is 4. The molecule has 0 saturated carbocycles. The van der Waals surface area contributed by atoms with E-state index in [1.54, 1.807) is 48.3 Å². The highest BCUT2D eigenvalue weighted by atomic mass is 16.5. The van der Waals surface area contributed by atoms with Crippen molar-refractivity contribution in [2.75, 3.05) is 24.0 Å². The SMILES string of the molecule is COc1ccc(N2C(=O)C(CC[C@@H](O)c3ccccc3)[C@H]2c2ccc(O)cc2)cc1.COc1ccc(N2C(=O)C(CC[C@H](O)c3ccccc3)[C@H]2c2ccc(O)cc2)cc1. The van der Waals surface area contributed by atoms with E-state index in [4.69, 9.17) is 9.47 Å². The molecule has 6 atom stereocenters. The van der Waals surface area contributed by atoms with Crippen LogP contribution in [0, 0.1) is 11.8 Å². The number of nitrogens with zero attached hydrogens (tertiary/aromatic N) is 2. The van der Waals surface area contributed by atoms with Gasteiger partial charge in [-0.15, -0.1) is 0 Å². The van der Waals surface area contributed by atoms with Crippen LogP contribution in [0.2, 0.25) is 0 Å². The van der Waals surface area contributed by atoms with Crippen LogP contribution in [0.5, 0.6) is 23.0 Å². The van der Waals surface area contributed by atoms with Crippen LogP contribution < -0.4 is 19.3 Å². The first-order valence-electron chi connectivity index (χ1n) is 20.1. The Hall–Kier alpha value is -6.62. The first kappa shape index (κ1) is 41.5. The quantitative estimate of drug-likeness (QED) is 0.0800. The van der Waals surface area contributed by atoms with Gasteiger partial charge in [0, 0.05) is 11.4 Å². The molecule has 308 valence electrons. The van der Waals surface area contributed by atoms with Crippen LogP contribution in [0.15, 0.2) is 158 Å². The van der Waals surface area contributed by atoms with E-state index in [1.165, 1.54) is 0 Å². The van der Waals surface area contributed by atoms with E-state index in [2.05, 4.69) is 0 Å². The van der Waals surface area contributed by atoms with E-state index in [0.29, 0.717) is 25.7 Å². The lowest BCUT2D eigenvalue weighted by molar-refractivity contribution is -0.131. The zero-order chi connectivity index (χ0) is 42.2. The summed E-state index contributed by atoms with van der Waals surface area (Å²) in [7, 11) is 3.22. The molecule has 0 spiro atoms. The second-order valence-corrected chi connectivity index (χ2v) is 15.1. The molecule has 8 rings (SSSR count). The third kappa shape index (κ3) is 9.15. The number of amides is 2. The molecule has 10 nitrogen and oxygen atoms in total. The largest absolute Gasteiger partial charge is 0.508 e. The minimum absolute atomic E-state index is 0.0403. The van der Waals surface area contributed by atoms with Crippen LogP contribution in [0.3, 0.4) is 0 Å². The highest BCUT2D eigenvalue weighted by Crippen LogP contribution is 2.48. The number of rotatable bonds is 14. The highest BCUT2D eigenvalue weighted by molar-refractivity contribution is 6.04. The zero-order valence-corrected chi connectivity index (χ0v) is 33.6. The van der Waals surface area contributed by atoms with Crippen molar-refractivity contribution in [3.05, 3.63) is 180 Å². The number of anilines is 2. The summed E-state index contributed by atoms with van der Waals surface area (Å²) in [4.78, 5) is 29.7. The summed E-state index contributed by atoms with van der Waals surface area (Å²) < 4.78 is 10.4. The molecule has 2 saturated heterocycles. The van der Waals surface area contributed by atoms with Gasteiger partial charge in [-0.3, -0.25) is 9.59 Å². The predicted octanol–water partition coefficient (Wildman–Crippen LogP) is 9.24. The summed E-state index contributed by atoms with van der Waals surface area (Å²) >= 11 is 0. The Balaban J connectivity index is 0.000000181. The van der Waals surface area contributed by atoms with Crippen molar-refractivity contribution in [2.24, 2.45) is 11.8 Å². The van der Waals surface area contributed by atoms with Crippen LogP contribution in [-0.2, 0) is 9.59 Å². The normalized spacial score (nSPS) is 19.3. The van der Waals surface area contributed by atoms with Crippen LogP contribution >= 0.6 is 0 Å². The number of benzene rings is 6. The van der Waals surface area contributed by atoms with Gasteiger partial charge in [0.15, 0.2) is 0 Å². The first-order chi connectivity index (χ1) is 29.2. The van der Waals surface area contributed by atoms with Crippen molar-refractivity contribution in [1.29, 1.82) is 0 Å². The van der Waals surface area contributed by atoms with E-state index in [-0.39, 0.29) is 47.2 Å². The maximum atomic E-state index is 13.1. The summed E-state index contributed by atoms with van der Waals surface area (Å²) in [6.45, 7) is 0. The van der Waals surface area contributed by atoms with Gasteiger partial charge in [-0.05, 0) is 121 Å². The van der Waals surface area contributed by atoms with Crippen molar-refractivity contribution < 1.29 is 39.5 Å². The number of phenols is 2. The zero-order valence-electron chi connectivity index (χ0n) is 33.6. The molecule has 2 aliphatic heterocycles. The summed E-state index contributed by atoms with van der Waals surface area (Å²) in [5.74, 6) is 1.47. The third-order valence-electron chi connectivity index (χ3n) is 11.5. The molecule has 10 heteroatoms. The Morgan fingerprint density at radius 2 is 0.817 bits per heavy atom. The second kappa shape index (κ2) is 19.0. The van der Waals surface area contributed by atoms with Gasteiger partial charge < -0.3 is 39.7 Å². The summed E-state index contributed by atoms with van der Waals surface area (Å²) in [6, 6.07) is 47.5. The summed E-state index contributed by atoms with van der Waals surface area (Å²) in [5.41, 5.74) is 5.25. The van der Waals surface area contributed by atoms with Crippen molar-refractivity contribution >= 4 is 23.2 Å². The van der Waals surface area contributed by atoms with Gasteiger partial charge in [0.05, 0.1) is 50.3 Å². The Bertz CT molecular complexity index is 2140. The number of β-lactam (4-membered cyclic amide) rings is 2. The maximum absolute atomic E-state index is 13.1. The number of carbonyl (C=O) groups excluding carboxylic acids is 2. The molecule has 2 heterocycles. The number of phenolic OH excluding ortho intramolecular Hbond substituents is 2. The molecular weight excluding hydrogens is 757 g/mol. The van der Waals surface area contributed by atoms with Gasteiger partial charge in [-0.25, -0.2) is 0 Å². The van der Waals surface area contributed by atoms with Gasteiger partial charge in [0.25, 0.3) is 0 Å². The topological polar surface area (TPSA) is 140 Å². The van der Waals surface area contributed by atoms with E-state index in [9.17, 15) is 30.0 Å². The fourth-order valence-corrected chi connectivity index (χ4v) is 8.19. The molecule has 2 unspecified atom stereocenters.